The maximum absolute atomic E-state index is 14.5. The smallest absolute Gasteiger partial charge is 0.329 e. The van der Waals surface area contributed by atoms with Crippen LogP contribution in [0.25, 0.3) is 0 Å². The van der Waals surface area contributed by atoms with E-state index in [4.69, 9.17) is 16.2 Å². The van der Waals surface area contributed by atoms with Crippen molar-refractivity contribution in [2.24, 2.45) is 40.1 Å². The van der Waals surface area contributed by atoms with E-state index < -0.39 is 174 Å². The lowest BCUT2D eigenvalue weighted by molar-refractivity contribution is -0.157. The van der Waals surface area contributed by atoms with Gasteiger partial charge < -0.3 is 84.9 Å². The summed E-state index contributed by atoms with van der Waals surface area (Å²) in [4.78, 5) is 158. The van der Waals surface area contributed by atoms with E-state index in [1.165, 1.54) is 13.8 Å². The number of nitrogens with two attached hydrogens (primary N) is 2. The second kappa shape index (κ2) is 38.3. The first-order valence-corrected chi connectivity index (χ1v) is 30.9. The summed E-state index contributed by atoms with van der Waals surface area (Å²) >= 11 is 0. The molecule has 28 heteroatoms. The van der Waals surface area contributed by atoms with Crippen LogP contribution in [0.5, 0.6) is 0 Å². The van der Waals surface area contributed by atoms with Crippen molar-refractivity contribution in [1.29, 1.82) is 0 Å². The minimum Gasteiger partial charge on any atom is -0.458 e. The first-order chi connectivity index (χ1) is 42.7. The molecule has 0 aliphatic carbocycles. The van der Waals surface area contributed by atoms with Crippen LogP contribution in [0, 0.1) is 23.7 Å². The molecule has 1 saturated heterocycles. The first-order valence-electron chi connectivity index (χ1n) is 30.9. The average molecular weight is 1260 g/mol. The molecule has 90 heavy (non-hydrogen) atoms. The number of carbonyl (C=O) groups excluding carboxylic acids is 11. The Hall–Kier alpha value is -8.24. The molecule has 16 atom stereocenters. The Morgan fingerprint density at radius 3 is 1.50 bits per heavy atom. The number of hydrogen-bond acceptors (Lipinski definition) is 16. The number of aliphatic imine (C=N–C) groups is 1. The minimum absolute atomic E-state index is 0.0123. The molecule has 1 aliphatic heterocycles. The normalized spacial score (nSPS) is 20.8. The molecule has 17 N–H and O–H groups in total. The monoisotopic (exact) mass is 1260 g/mol. The summed E-state index contributed by atoms with van der Waals surface area (Å²) in [5, 5.41) is 50.1. The van der Waals surface area contributed by atoms with Gasteiger partial charge in [0.25, 0.3) is 0 Å². The van der Waals surface area contributed by atoms with Crippen LogP contribution < -0.4 is 70.0 Å². The number of esters is 1. The number of amides is 10. The zero-order valence-corrected chi connectivity index (χ0v) is 53.7. The number of aliphatic hydroxyl groups excluding tert-OH is 2. The Labute approximate surface area is 527 Å². The molecular weight excluding hydrogens is 1160 g/mol. The number of nitrogens with one attached hydrogen (secondary N) is 11. The third-order valence-corrected chi connectivity index (χ3v) is 16.3. The number of carbonyl (C=O) groups is 11. The average Bonchev–Trinajstić information content (AvgIpc) is 1.61. The van der Waals surface area contributed by atoms with Crippen molar-refractivity contribution < 1.29 is 67.7 Å². The number of guanidine groups is 1. The molecule has 500 valence electrons. The van der Waals surface area contributed by atoms with Gasteiger partial charge in [0, 0.05) is 13.0 Å². The van der Waals surface area contributed by atoms with E-state index in [9.17, 15) is 63.0 Å². The minimum atomic E-state index is -1.80. The number of aliphatic hydroxyl groups is 2. The maximum atomic E-state index is 14.5. The number of cyclic esters (lactones) is 1. The Balaban J connectivity index is 1.88. The van der Waals surface area contributed by atoms with Gasteiger partial charge in [-0.15, -0.1) is 0 Å². The Kier molecular flexibility index (Phi) is 32.4. The lowest BCUT2D eigenvalue weighted by Crippen LogP contribution is -2.63. The van der Waals surface area contributed by atoms with E-state index >= 15 is 0 Å². The van der Waals surface area contributed by atoms with Crippen LogP contribution in [0.15, 0.2) is 65.7 Å². The van der Waals surface area contributed by atoms with Gasteiger partial charge in [-0.3, -0.25) is 52.9 Å². The van der Waals surface area contributed by atoms with Crippen LogP contribution in [0.3, 0.4) is 0 Å². The fourth-order valence-corrected chi connectivity index (χ4v) is 9.61. The molecule has 28 nitrogen and oxygen atoms in total. The number of benzene rings is 2. The zero-order valence-electron chi connectivity index (χ0n) is 53.7. The van der Waals surface area contributed by atoms with Crippen molar-refractivity contribution in [1.82, 2.24) is 58.5 Å². The van der Waals surface area contributed by atoms with Gasteiger partial charge >= 0.3 is 5.97 Å². The van der Waals surface area contributed by atoms with Crippen molar-refractivity contribution >= 4 is 71.0 Å². The zero-order chi connectivity index (χ0) is 67.4. The highest BCUT2D eigenvalue weighted by Crippen LogP contribution is 2.18. The van der Waals surface area contributed by atoms with Crippen LogP contribution >= 0.6 is 0 Å². The molecule has 0 unspecified atom stereocenters. The molecule has 0 spiro atoms. The van der Waals surface area contributed by atoms with Gasteiger partial charge in [-0.2, -0.15) is 0 Å². The molecule has 0 saturated carbocycles. The molecule has 2 aromatic rings. The summed E-state index contributed by atoms with van der Waals surface area (Å²) in [5.74, 6) is -12.0. The van der Waals surface area contributed by atoms with Crippen molar-refractivity contribution in [3.8, 4) is 0 Å². The summed E-state index contributed by atoms with van der Waals surface area (Å²) in [6, 6.07) is 2.98. The van der Waals surface area contributed by atoms with Gasteiger partial charge in [0.15, 0.2) is 5.96 Å². The molecular formula is C62H98N14O14. The topological polar surface area (TPSA) is 434 Å². The molecule has 3 rings (SSSR count). The number of likely N-dealkylation sites (N-methyl/N-ethyl adjacent to an activating group) is 1. The summed E-state index contributed by atoms with van der Waals surface area (Å²) < 4.78 is 5.76. The van der Waals surface area contributed by atoms with Crippen molar-refractivity contribution in [3.05, 3.63) is 71.8 Å². The van der Waals surface area contributed by atoms with Crippen molar-refractivity contribution in [3.63, 3.8) is 0 Å². The van der Waals surface area contributed by atoms with Crippen molar-refractivity contribution in [2.45, 2.75) is 193 Å². The highest BCUT2D eigenvalue weighted by atomic mass is 16.5. The molecule has 0 radical (unpaired) electrons. The lowest BCUT2D eigenvalue weighted by Gasteiger charge is -2.31. The van der Waals surface area contributed by atoms with Gasteiger partial charge in [0.05, 0.1) is 19.3 Å². The molecule has 10 amide bonds. The van der Waals surface area contributed by atoms with Gasteiger partial charge in [-0.1, -0.05) is 142 Å². The quantitative estimate of drug-likeness (QED) is 0.0161. The number of hydrogen-bond donors (Lipinski definition) is 15. The summed E-state index contributed by atoms with van der Waals surface area (Å²) in [6.45, 7) is 14.5. The fourth-order valence-electron chi connectivity index (χ4n) is 9.61. The van der Waals surface area contributed by atoms with E-state index in [2.05, 4.69) is 63.5 Å². The Morgan fingerprint density at radius 1 is 0.567 bits per heavy atom. The van der Waals surface area contributed by atoms with Crippen LogP contribution in [-0.2, 0) is 70.3 Å². The van der Waals surface area contributed by atoms with E-state index in [-0.39, 0.29) is 38.2 Å². The third-order valence-electron chi connectivity index (χ3n) is 16.3. The Morgan fingerprint density at radius 2 is 1.02 bits per heavy atom. The van der Waals surface area contributed by atoms with Gasteiger partial charge in [0.1, 0.15) is 66.5 Å². The van der Waals surface area contributed by atoms with Gasteiger partial charge in [-0.05, 0) is 75.0 Å². The summed E-state index contributed by atoms with van der Waals surface area (Å²) in [6.07, 6.45) is 0.261. The Bertz CT molecular complexity index is 2740. The fraction of sp³-hybridized carbons (Fsp3) is 0.613. The van der Waals surface area contributed by atoms with Crippen LogP contribution in [0.4, 0.5) is 0 Å². The molecule has 0 bridgehead atoms. The van der Waals surface area contributed by atoms with Gasteiger partial charge in [-0.25, -0.2) is 4.79 Å². The highest BCUT2D eigenvalue weighted by Gasteiger charge is 2.41. The highest BCUT2D eigenvalue weighted by molar-refractivity contribution is 5.99. The third kappa shape index (κ3) is 23.6. The number of ether oxygens (including phenoxy) is 1. The standard InChI is InChI=1S/C62H98N14O14/c1-12-33(5)46(73-53(81)42(65-11)29-39-23-18-16-19-24-39)57(85)70-44(31-77)55(83)68-41(27-22-28-66-62(63)64)52(80)72-48(35(7)14-3)59(87)74-47(34(6)13-2)58(86)71-45(32-78)56(84)76-50-38(10)90-61(89)49(36(8)15-4)75-54(82)43(30-40-25-20-17-21-26-40)69-51(79)37(9)67-60(50)88/h16-21,23-26,33-38,41-50,65,77-78H,12-15,22,27-32H2,1-11H3,(H,67,88)(H,68,83)(H,69,79)(H,70,85)(H,71,86)(H,72,80)(H,73,81)(H,74,87)(H,75,82)(H,76,84)(H4,63,64,66)/t33-,34-,35+,36-,37-,38-,41+,42+,43-,44-,45-,46-,47-,48+,49-,50+/m0/s1. The number of nitrogens with zero attached hydrogens (tertiary/aromatic N) is 1. The predicted molar refractivity (Wildman–Crippen MR) is 336 cm³/mol. The summed E-state index contributed by atoms with van der Waals surface area (Å²) in [7, 11) is 1.61. The van der Waals surface area contributed by atoms with Crippen LogP contribution in [-0.4, -0.2) is 181 Å². The second-order valence-electron chi connectivity index (χ2n) is 23.1. The second-order valence-corrected chi connectivity index (χ2v) is 23.1. The van der Waals surface area contributed by atoms with Gasteiger partial charge in [0.2, 0.25) is 59.1 Å². The van der Waals surface area contributed by atoms with E-state index in [0.717, 1.165) is 5.56 Å². The molecule has 1 aliphatic rings. The molecule has 1 fully saturated rings. The van der Waals surface area contributed by atoms with E-state index in [1.807, 2.05) is 37.3 Å². The lowest BCUT2D eigenvalue weighted by atomic mass is 9.94. The molecule has 0 aromatic heterocycles. The first kappa shape index (κ1) is 76.0. The van der Waals surface area contributed by atoms with Crippen molar-refractivity contribution in [2.75, 3.05) is 26.8 Å². The largest absolute Gasteiger partial charge is 0.458 e. The van der Waals surface area contributed by atoms with E-state index in [1.54, 1.807) is 85.8 Å². The van der Waals surface area contributed by atoms with E-state index in [0.29, 0.717) is 31.2 Å². The predicted octanol–water partition coefficient (Wildman–Crippen LogP) is -1.90. The molecule has 2 aromatic carbocycles. The van der Waals surface area contributed by atoms with Crippen LogP contribution in [0.2, 0.25) is 0 Å². The number of rotatable bonds is 33. The maximum Gasteiger partial charge on any atom is 0.329 e. The van der Waals surface area contributed by atoms with Crippen LogP contribution in [0.1, 0.15) is 119 Å². The SMILES string of the molecule is CC[C@@H](C)[C@@H](NC(=O)[C@@H](CCCN=C(N)N)NC(=O)[C@H](CO)NC(=O)[C@@H](NC(=O)[C@@H](Cc1ccccc1)NC)[C@@H](C)CC)C(=O)N[C@H](C(=O)N[C@@H](CO)C(=O)N[C@H]1C(=O)N[C@@H](C)C(=O)N[C@@H](Cc2ccccc2)C(=O)N[C@@H]([C@@H](C)CC)C(=O)O[C@H]1C)[C@@H](C)CC. The molecule has 1 heterocycles. The summed E-state index contributed by atoms with van der Waals surface area (Å²) in [5.41, 5.74) is 12.6.